The molecule has 0 spiro atoms. The van der Waals surface area contributed by atoms with Crippen LogP contribution in [0.4, 0.5) is 0 Å². The zero-order valence-electron chi connectivity index (χ0n) is 26.4. The summed E-state index contributed by atoms with van der Waals surface area (Å²) in [6.07, 6.45) is -0.159. The molecule has 0 bridgehead atoms. The number of carbonyl (C=O) groups excluding carboxylic acids is 2. The highest BCUT2D eigenvalue weighted by atomic mass is 32.2. The van der Waals surface area contributed by atoms with E-state index in [0.29, 0.717) is 11.5 Å². The van der Waals surface area contributed by atoms with Crippen molar-refractivity contribution in [1.82, 2.24) is 4.31 Å². The molecule has 9 heteroatoms. The second-order valence-electron chi connectivity index (χ2n) is 12.4. The number of ether oxygens (including phenoxy) is 1. The van der Waals surface area contributed by atoms with Crippen LogP contribution in [0.2, 0.25) is 18.1 Å². The minimum Gasteiger partial charge on any atom is -0.460 e. The number of sulfonamides is 1. The average molecular weight is 624 g/mol. The average Bonchev–Trinajstić information content (AvgIpc) is 2.98. The third kappa shape index (κ3) is 8.95. The van der Waals surface area contributed by atoms with Crippen molar-refractivity contribution in [2.75, 3.05) is 13.2 Å². The molecule has 0 heterocycles. The lowest BCUT2D eigenvalue weighted by atomic mass is 9.99. The van der Waals surface area contributed by atoms with E-state index in [1.807, 2.05) is 43.3 Å². The summed E-state index contributed by atoms with van der Waals surface area (Å²) in [6.45, 7) is 14.1. The second-order valence-corrected chi connectivity index (χ2v) is 18.8. The molecule has 3 aromatic carbocycles. The number of Topliss-reactive ketones (excluding diaryl/α,β-unsaturated/α-hetero) is 1. The lowest BCUT2D eigenvalue weighted by molar-refractivity contribution is -0.145. The quantitative estimate of drug-likeness (QED) is 0.103. The van der Waals surface area contributed by atoms with Crippen LogP contribution in [0, 0.1) is 12.8 Å². The third-order valence-electron chi connectivity index (χ3n) is 8.71. The van der Waals surface area contributed by atoms with Gasteiger partial charge in [-0.2, -0.15) is 4.31 Å². The fourth-order valence-electron chi connectivity index (χ4n) is 4.55. The Morgan fingerprint density at radius 3 is 2.00 bits per heavy atom. The molecule has 0 radical (unpaired) electrons. The predicted molar refractivity (Wildman–Crippen MR) is 173 cm³/mol. The van der Waals surface area contributed by atoms with Crippen LogP contribution in [-0.2, 0) is 30.6 Å². The van der Waals surface area contributed by atoms with Crippen LogP contribution in [0.3, 0.4) is 0 Å². The van der Waals surface area contributed by atoms with Crippen molar-refractivity contribution in [3.63, 3.8) is 0 Å². The topological polar surface area (TPSA) is 90.0 Å². The molecule has 0 aliphatic rings. The molecule has 0 saturated carbocycles. The Labute approximate surface area is 258 Å². The van der Waals surface area contributed by atoms with Crippen molar-refractivity contribution in [3.05, 3.63) is 102 Å². The molecule has 3 rings (SSSR count). The number of hydrogen-bond acceptors (Lipinski definition) is 6. The fraction of sp³-hybridized carbons (Fsp3) is 0.412. The largest absolute Gasteiger partial charge is 0.460 e. The van der Waals surface area contributed by atoms with E-state index in [0.717, 1.165) is 15.4 Å². The van der Waals surface area contributed by atoms with Crippen LogP contribution in [0.5, 0.6) is 0 Å². The zero-order valence-corrected chi connectivity index (χ0v) is 28.2. The van der Waals surface area contributed by atoms with Crippen LogP contribution in [0.25, 0.3) is 0 Å². The van der Waals surface area contributed by atoms with Gasteiger partial charge in [-0.25, -0.2) is 8.42 Å². The van der Waals surface area contributed by atoms with E-state index >= 15 is 0 Å². The molecule has 7 nitrogen and oxygen atoms in total. The van der Waals surface area contributed by atoms with Crippen molar-refractivity contribution >= 4 is 30.1 Å². The first-order chi connectivity index (χ1) is 20.1. The number of aryl methyl sites for hydroxylation is 1. The first kappa shape index (κ1) is 34.4. The highest BCUT2D eigenvalue weighted by molar-refractivity contribution is 7.89. The van der Waals surface area contributed by atoms with Crippen molar-refractivity contribution in [2.45, 2.75) is 76.7 Å². The van der Waals surface area contributed by atoms with E-state index in [4.69, 9.17) is 9.16 Å². The Morgan fingerprint density at radius 2 is 1.44 bits per heavy atom. The maximum Gasteiger partial charge on any atom is 0.321 e. The van der Waals surface area contributed by atoms with Gasteiger partial charge in [0.2, 0.25) is 10.0 Å². The van der Waals surface area contributed by atoms with Crippen LogP contribution in [-0.4, -0.2) is 52.0 Å². The summed E-state index contributed by atoms with van der Waals surface area (Å²) in [5, 5.41) is -0.143. The lowest BCUT2D eigenvalue weighted by Crippen LogP contribution is -2.51. The standard InChI is InChI=1S/C34H45NO6SSi/c1-26(2)34(4,5)43(6,7)41-25-30(22-32(36)29-16-12-9-13-17-29)35(42(38,39)31-20-18-27(3)19-21-31)23-33(37)40-24-28-14-10-8-11-15-28/h8-21,26,30H,22-25H2,1-7H3/t30-/m0/s1. The Morgan fingerprint density at radius 1 is 0.884 bits per heavy atom. The lowest BCUT2D eigenvalue weighted by Gasteiger charge is -2.43. The number of esters is 1. The van der Waals surface area contributed by atoms with E-state index in [1.54, 1.807) is 36.4 Å². The van der Waals surface area contributed by atoms with Crippen LogP contribution in [0.15, 0.2) is 89.8 Å². The van der Waals surface area contributed by atoms with Crippen LogP contribution >= 0.6 is 0 Å². The van der Waals surface area contributed by atoms with Gasteiger partial charge in [0.25, 0.3) is 0 Å². The molecule has 1 atom stereocenters. The fourth-order valence-corrected chi connectivity index (χ4v) is 8.48. The van der Waals surface area contributed by atoms with E-state index in [1.165, 1.54) is 12.1 Å². The van der Waals surface area contributed by atoms with Gasteiger partial charge in [-0.3, -0.25) is 9.59 Å². The highest BCUT2D eigenvalue weighted by Crippen LogP contribution is 2.44. The van der Waals surface area contributed by atoms with E-state index < -0.39 is 36.9 Å². The summed E-state index contributed by atoms with van der Waals surface area (Å²) in [7, 11) is -6.65. The van der Waals surface area contributed by atoms with Crippen LogP contribution < -0.4 is 0 Å². The van der Waals surface area contributed by atoms with Gasteiger partial charge in [0.15, 0.2) is 14.1 Å². The van der Waals surface area contributed by atoms with Gasteiger partial charge in [-0.15, -0.1) is 0 Å². The van der Waals surface area contributed by atoms with Gasteiger partial charge in [-0.1, -0.05) is 106 Å². The van der Waals surface area contributed by atoms with Gasteiger partial charge >= 0.3 is 5.97 Å². The Balaban J connectivity index is 2.01. The Hall–Kier alpha value is -3.11. The first-order valence-electron chi connectivity index (χ1n) is 14.7. The second kappa shape index (κ2) is 14.6. The molecule has 43 heavy (non-hydrogen) atoms. The SMILES string of the molecule is Cc1ccc(S(=O)(=O)N(CC(=O)OCc2ccccc2)[C@H](CO[Si](C)(C)C(C)(C)C(C)C)CC(=O)c2ccccc2)cc1. The van der Waals surface area contributed by atoms with Crippen molar-refractivity contribution in [1.29, 1.82) is 0 Å². The van der Waals surface area contributed by atoms with Crippen LogP contribution in [0.1, 0.15) is 55.6 Å². The molecule has 0 saturated heterocycles. The number of hydrogen-bond donors (Lipinski definition) is 0. The molecule has 0 N–H and O–H groups in total. The molecule has 0 aliphatic carbocycles. The molecular formula is C34H45NO6SSi. The van der Waals surface area contributed by atoms with Gasteiger partial charge in [0, 0.05) is 12.0 Å². The molecule has 0 aromatic heterocycles. The monoisotopic (exact) mass is 623 g/mol. The number of rotatable bonds is 15. The smallest absolute Gasteiger partial charge is 0.321 e. The van der Waals surface area contributed by atoms with Gasteiger partial charge in [0.1, 0.15) is 13.2 Å². The maximum absolute atomic E-state index is 14.2. The number of nitrogens with zero attached hydrogens (tertiary/aromatic N) is 1. The third-order valence-corrected chi connectivity index (χ3v) is 15.2. The zero-order chi connectivity index (χ0) is 31.8. The number of ketones is 1. The minimum atomic E-state index is -4.23. The minimum absolute atomic E-state index is 0.00469. The summed E-state index contributed by atoms with van der Waals surface area (Å²) in [6, 6.07) is 23.4. The van der Waals surface area contributed by atoms with Crippen molar-refractivity contribution in [2.24, 2.45) is 5.92 Å². The van der Waals surface area contributed by atoms with Gasteiger partial charge in [-0.05, 0) is 48.7 Å². The summed E-state index contributed by atoms with van der Waals surface area (Å²) < 4.78 is 41.6. The summed E-state index contributed by atoms with van der Waals surface area (Å²) in [4.78, 5) is 26.8. The highest BCUT2D eigenvalue weighted by Gasteiger charge is 2.45. The molecule has 0 amide bonds. The Kier molecular flexibility index (Phi) is 11.7. The molecule has 0 fully saturated rings. The summed E-state index contributed by atoms with van der Waals surface area (Å²) >= 11 is 0. The first-order valence-corrected chi connectivity index (χ1v) is 19.0. The van der Waals surface area contributed by atoms with Crippen molar-refractivity contribution in [3.8, 4) is 0 Å². The van der Waals surface area contributed by atoms with Gasteiger partial charge in [0.05, 0.1) is 17.5 Å². The summed E-state index contributed by atoms with van der Waals surface area (Å²) in [5.41, 5.74) is 2.15. The Bertz CT molecular complexity index is 1460. The van der Waals surface area contributed by atoms with Gasteiger partial charge < -0.3 is 9.16 Å². The molecular weight excluding hydrogens is 579 g/mol. The molecule has 3 aromatic rings. The molecule has 0 aliphatic heterocycles. The number of carbonyl (C=O) groups is 2. The van der Waals surface area contributed by atoms with E-state index in [9.17, 15) is 18.0 Å². The van der Waals surface area contributed by atoms with E-state index in [-0.39, 0.29) is 35.4 Å². The normalized spacial score (nSPS) is 13.2. The number of benzene rings is 3. The van der Waals surface area contributed by atoms with E-state index in [2.05, 4.69) is 40.8 Å². The molecule has 0 unspecified atom stereocenters. The van der Waals surface area contributed by atoms with Crippen molar-refractivity contribution < 1.29 is 27.2 Å². The predicted octanol–water partition coefficient (Wildman–Crippen LogP) is 7.03. The maximum atomic E-state index is 14.2. The summed E-state index contributed by atoms with van der Waals surface area (Å²) in [5.74, 6) is -0.631. The molecule has 232 valence electrons.